The van der Waals surface area contributed by atoms with Crippen molar-refractivity contribution >= 4 is 34.8 Å². The van der Waals surface area contributed by atoms with Gasteiger partial charge in [0, 0.05) is 11.4 Å². The standard InChI is InChI=1S/C17H17Cl2NO2/c1-12-4-2-5-14(10-12)22-9-3-6-17(21)20-16-8-7-13(18)11-15(16)19/h2,4-5,7-8,10-11H,3,6,9H2,1H3,(H,20,21). The number of benzene rings is 2. The second kappa shape index (κ2) is 8.06. The normalized spacial score (nSPS) is 10.3. The zero-order valence-electron chi connectivity index (χ0n) is 12.2. The zero-order valence-corrected chi connectivity index (χ0v) is 13.7. The number of carbonyl (C=O) groups excluding carboxylic acids is 1. The molecule has 0 spiro atoms. The fourth-order valence-corrected chi connectivity index (χ4v) is 2.39. The first kappa shape index (κ1) is 16.7. The number of halogens is 2. The van der Waals surface area contributed by atoms with E-state index < -0.39 is 0 Å². The smallest absolute Gasteiger partial charge is 0.224 e. The predicted molar refractivity (Wildman–Crippen MR) is 91.0 cm³/mol. The number of hydrogen-bond donors (Lipinski definition) is 1. The molecule has 0 unspecified atom stereocenters. The molecule has 0 heterocycles. The molecule has 3 nitrogen and oxygen atoms in total. The molecule has 0 radical (unpaired) electrons. The highest BCUT2D eigenvalue weighted by molar-refractivity contribution is 6.36. The Labute approximate surface area is 140 Å². The molecule has 1 N–H and O–H groups in total. The highest BCUT2D eigenvalue weighted by Gasteiger charge is 2.06. The molecule has 116 valence electrons. The van der Waals surface area contributed by atoms with Crippen LogP contribution in [0.3, 0.4) is 0 Å². The zero-order chi connectivity index (χ0) is 15.9. The molecule has 0 saturated heterocycles. The first-order valence-electron chi connectivity index (χ1n) is 6.99. The lowest BCUT2D eigenvalue weighted by atomic mass is 10.2. The summed E-state index contributed by atoms with van der Waals surface area (Å²) in [5.74, 6) is 0.721. The molecule has 0 saturated carbocycles. The molecular weight excluding hydrogens is 321 g/mol. The largest absolute Gasteiger partial charge is 0.494 e. The third-order valence-electron chi connectivity index (χ3n) is 3.01. The van der Waals surface area contributed by atoms with Crippen molar-refractivity contribution in [3.8, 4) is 5.75 Å². The number of carbonyl (C=O) groups is 1. The second-order valence-corrected chi connectivity index (χ2v) is 5.78. The van der Waals surface area contributed by atoms with Crippen molar-refractivity contribution < 1.29 is 9.53 Å². The van der Waals surface area contributed by atoms with Crippen molar-refractivity contribution in [1.82, 2.24) is 0 Å². The summed E-state index contributed by atoms with van der Waals surface area (Å²) in [5, 5.41) is 3.72. The van der Waals surface area contributed by atoms with Gasteiger partial charge in [-0.3, -0.25) is 4.79 Å². The van der Waals surface area contributed by atoms with E-state index >= 15 is 0 Å². The predicted octanol–water partition coefficient (Wildman–Crippen LogP) is 5.10. The minimum atomic E-state index is -0.0999. The van der Waals surface area contributed by atoms with Gasteiger partial charge in [0.15, 0.2) is 0 Å². The van der Waals surface area contributed by atoms with E-state index in [9.17, 15) is 4.79 Å². The average Bonchev–Trinajstić information content (AvgIpc) is 2.47. The monoisotopic (exact) mass is 337 g/mol. The quantitative estimate of drug-likeness (QED) is 0.744. The Morgan fingerprint density at radius 2 is 2.00 bits per heavy atom. The van der Waals surface area contributed by atoms with Gasteiger partial charge in [-0.1, -0.05) is 35.3 Å². The second-order valence-electron chi connectivity index (χ2n) is 4.94. The summed E-state index contributed by atoms with van der Waals surface area (Å²) in [4.78, 5) is 11.9. The number of anilines is 1. The molecule has 0 aliphatic carbocycles. The van der Waals surface area contributed by atoms with Crippen LogP contribution in [-0.2, 0) is 4.79 Å². The van der Waals surface area contributed by atoms with Gasteiger partial charge in [-0.15, -0.1) is 0 Å². The molecule has 0 atom stereocenters. The third-order valence-corrected chi connectivity index (χ3v) is 3.56. The molecule has 22 heavy (non-hydrogen) atoms. The molecule has 0 aliphatic heterocycles. The molecule has 1 amide bonds. The van der Waals surface area contributed by atoms with E-state index in [4.69, 9.17) is 27.9 Å². The van der Waals surface area contributed by atoms with Crippen LogP contribution < -0.4 is 10.1 Å². The number of nitrogens with one attached hydrogen (secondary N) is 1. The van der Waals surface area contributed by atoms with Crippen LogP contribution >= 0.6 is 23.2 Å². The topological polar surface area (TPSA) is 38.3 Å². The van der Waals surface area contributed by atoms with Crippen LogP contribution in [-0.4, -0.2) is 12.5 Å². The minimum absolute atomic E-state index is 0.0999. The van der Waals surface area contributed by atoms with E-state index in [1.165, 1.54) is 0 Å². The van der Waals surface area contributed by atoms with Gasteiger partial charge in [0.05, 0.1) is 17.3 Å². The Balaban J connectivity index is 1.74. The van der Waals surface area contributed by atoms with Crippen LogP contribution in [0, 0.1) is 6.92 Å². The Morgan fingerprint density at radius 3 is 2.73 bits per heavy atom. The lowest BCUT2D eigenvalue weighted by Gasteiger charge is -2.09. The molecular formula is C17H17Cl2NO2. The van der Waals surface area contributed by atoms with Gasteiger partial charge in [-0.05, 0) is 49.2 Å². The third kappa shape index (κ3) is 5.24. The molecule has 2 aromatic carbocycles. The summed E-state index contributed by atoms with van der Waals surface area (Å²) in [6.45, 7) is 2.50. The number of rotatable bonds is 6. The van der Waals surface area contributed by atoms with Crippen LogP contribution in [0.2, 0.25) is 10.0 Å². The maximum atomic E-state index is 11.9. The first-order chi connectivity index (χ1) is 10.5. The highest BCUT2D eigenvalue weighted by Crippen LogP contribution is 2.25. The molecule has 0 fully saturated rings. The fourth-order valence-electron chi connectivity index (χ4n) is 1.93. The van der Waals surface area contributed by atoms with Gasteiger partial charge in [0.1, 0.15) is 5.75 Å². The van der Waals surface area contributed by atoms with E-state index in [2.05, 4.69) is 5.32 Å². The van der Waals surface area contributed by atoms with Gasteiger partial charge < -0.3 is 10.1 Å². The lowest BCUT2D eigenvalue weighted by Crippen LogP contribution is -2.13. The van der Waals surface area contributed by atoms with Crippen molar-refractivity contribution in [3.05, 3.63) is 58.1 Å². The number of amides is 1. The molecule has 0 aliphatic rings. The Morgan fingerprint density at radius 1 is 1.18 bits per heavy atom. The minimum Gasteiger partial charge on any atom is -0.494 e. The molecule has 0 aromatic heterocycles. The van der Waals surface area contributed by atoms with Crippen LogP contribution in [0.1, 0.15) is 18.4 Å². The van der Waals surface area contributed by atoms with Crippen molar-refractivity contribution in [2.24, 2.45) is 0 Å². The summed E-state index contributed by atoms with van der Waals surface area (Å²) in [6, 6.07) is 12.8. The molecule has 2 rings (SSSR count). The van der Waals surface area contributed by atoms with Crippen LogP contribution in [0.25, 0.3) is 0 Å². The Kier molecular flexibility index (Phi) is 6.10. The van der Waals surface area contributed by atoms with Crippen molar-refractivity contribution in [1.29, 1.82) is 0 Å². The van der Waals surface area contributed by atoms with E-state index in [0.717, 1.165) is 11.3 Å². The van der Waals surface area contributed by atoms with Gasteiger partial charge in [-0.2, -0.15) is 0 Å². The fraction of sp³-hybridized carbons (Fsp3) is 0.235. The summed E-state index contributed by atoms with van der Waals surface area (Å²) in [7, 11) is 0. The van der Waals surface area contributed by atoms with Crippen LogP contribution in [0.15, 0.2) is 42.5 Å². The van der Waals surface area contributed by atoms with Crippen LogP contribution in [0.4, 0.5) is 5.69 Å². The summed E-state index contributed by atoms with van der Waals surface area (Å²) < 4.78 is 5.60. The number of aryl methyl sites for hydroxylation is 1. The maximum absolute atomic E-state index is 11.9. The van der Waals surface area contributed by atoms with E-state index in [-0.39, 0.29) is 5.91 Å². The van der Waals surface area contributed by atoms with E-state index in [1.54, 1.807) is 18.2 Å². The van der Waals surface area contributed by atoms with Crippen molar-refractivity contribution in [2.75, 3.05) is 11.9 Å². The van der Waals surface area contributed by atoms with Crippen molar-refractivity contribution in [2.45, 2.75) is 19.8 Å². The lowest BCUT2D eigenvalue weighted by molar-refractivity contribution is -0.116. The summed E-state index contributed by atoms with van der Waals surface area (Å²) >= 11 is 11.8. The SMILES string of the molecule is Cc1cccc(OCCCC(=O)Nc2ccc(Cl)cc2Cl)c1. The Bertz CT molecular complexity index is 659. The number of hydrogen-bond acceptors (Lipinski definition) is 2. The molecule has 2 aromatic rings. The van der Waals surface area contributed by atoms with Gasteiger partial charge in [-0.25, -0.2) is 0 Å². The maximum Gasteiger partial charge on any atom is 0.224 e. The van der Waals surface area contributed by atoms with E-state index in [0.29, 0.717) is 35.2 Å². The summed E-state index contributed by atoms with van der Waals surface area (Å²) in [6.07, 6.45) is 0.996. The Hall–Kier alpha value is -1.71. The van der Waals surface area contributed by atoms with E-state index in [1.807, 2.05) is 31.2 Å². The van der Waals surface area contributed by atoms with Gasteiger partial charge in [0.25, 0.3) is 0 Å². The van der Waals surface area contributed by atoms with Crippen LogP contribution in [0.5, 0.6) is 5.75 Å². The highest BCUT2D eigenvalue weighted by atomic mass is 35.5. The van der Waals surface area contributed by atoms with Crippen molar-refractivity contribution in [3.63, 3.8) is 0 Å². The number of ether oxygens (including phenoxy) is 1. The van der Waals surface area contributed by atoms with Gasteiger partial charge >= 0.3 is 0 Å². The average molecular weight is 338 g/mol. The summed E-state index contributed by atoms with van der Waals surface area (Å²) in [5.41, 5.74) is 1.71. The molecule has 5 heteroatoms. The first-order valence-corrected chi connectivity index (χ1v) is 7.74. The van der Waals surface area contributed by atoms with Gasteiger partial charge in [0.2, 0.25) is 5.91 Å². The molecule has 0 bridgehead atoms.